The van der Waals surface area contributed by atoms with E-state index in [4.69, 9.17) is 14.2 Å². The fraction of sp³-hybridized carbons (Fsp3) is 0.619. The number of rotatable bonds is 18. The van der Waals surface area contributed by atoms with E-state index in [1.165, 1.54) is 38.5 Å². The van der Waals surface area contributed by atoms with E-state index in [-0.39, 0.29) is 28.7 Å². The molecule has 0 aromatic heterocycles. The molecule has 5 heteroatoms. The smallest absolute Gasteiger partial charge is 0.333 e. The minimum absolute atomic E-state index is 0.0308. The van der Waals surface area contributed by atoms with Crippen molar-refractivity contribution in [3.05, 3.63) is 86.8 Å². The molecule has 0 aliphatic heterocycles. The molecule has 3 saturated carbocycles. The van der Waals surface area contributed by atoms with Gasteiger partial charge in [-0.2, -0.15) is 0 Å². The van der Waals surface area contributed by atoms with Crippen LogP contribution in [0.4, 0.5) is 0 Å². The Bertz CT molecular complexity index is 1070. The van der Waals surface area contributed by atoms with Gasteiger partial charge in [-0.3, -0.25) is 0 Å². The lowest BCUT2D eigenvalue weighted by molar-refractivity contribution is -0.155. The van der Waals surface area contributed by atoms with Gasteiger partial charge in [0.05, 0.1) is 0 Å². The van der Waals surface area contributed by atoms with Crippen molar-refractivity contribution in [3.63, 3.8) is 0 Å². The van der Waals surface area contributed by atoms with Gasteiger partial charge in [-0.25, -0.2) is 9.59 Å². The fourth-order valence-electron chi connectivity index (χ4n) is 6.56. The van der Waals surface area contributed by atoms with Crippen LogP contribution in [0.5, 0.6) is 0 Å². The first-order valence-corrected chi connectivity index (χ1v) is 18.1. The monoisotopic (exact) mass is 650 g/mol. The molecule has 0 radical (unpaired) electrons. The molecule has 47 heavy (non-hydrogen) atoms. The van der Waals surface area contributed by atoms with Crippen molar-refractivity contribution in [3.8, 4) is 0 Å². The Balaban J connectivity index is 0.000000354. The Morgan fingerprint density at radius 1 is 0.574 bits per heavy atom. The van der Waals surface area contributed by atoms with Crippen LogP contribution < -0.4 is 0 Å². The van der Waals surface area contributed by atoms with Crippen molar-refractivity contribution in [1.82, 2.24) is 0 Å². The van der Waals surface area contributed by atoms with Gasteiger partial charge in [0.1, 0.15) is 22.6 Å². The van der Waals surface area contributed by atoms with Gasteiger partial charge in [0, 0.05) is 16.7 Å². The second kappa shape index (κ2) is 21.7. The number of hydrogen-bond donors (Lipinski definition) is 0. The van der Waals surface area contributed by atoms with Crippen LogP contribution in [0.1, 0.15) is 149 Å². The summed E-state index contributed by atoms with van der Waals surface area (Å²) in [6, 6.07) is 0. The van der Waals surface area contributed by atoms with Crippen molar-refractivity contribution >= 4 is 11.9 Å². The van der Waals surface area contributed by atoms with Gasteiger partial charge in [0.2, 0.25) is 0 Å². The third-order valence-corrected chi connectivity index (χ3v) is 10.2. The summed E-state index contributed by atoms with van der Waals surface area (Å²) in [5.41, 5.74) is 1.60. The number of carbonyl (C=O) groups excluding carboxylic acids is 2. The van der Waals surface area contributed by atoms with Crippen LogP contribution in [0, 0.1) is 0 Å². The lowest BCUT2D eigenvalue weighted by Gasteiger charge is -2.30. The number of esters is 2. The van der Waals surface area contributed by atoms with Gasteiger partial charge >= 0.3 is 11.9 Å². The predicted molar refractivity (Wildman–Crippen MR) is 198 cm³/mol. The number of hydrogen-bond acceptors (Lipinski definition) is 5. The molecule has 0 unspecified atom stereocenters. The molecule has 0 amide bonds. The van der Waals surface area contributed by atoms with E-state index in [1.54, 1.807) is 12.2 Å². The summed E-state index contributed by atoms with van der Waals surface area (Å²) < 4.78 is 17.2. The Kier molecular flexibility index (Phi) is 19.4. The maximum Gasteiger partial charge on any atom is 0.333 e. The molecule has 0 atom stereocenters. The van der Waals surface area contributed by atoms with E-state index in [0.29, 0.717) is 29.7 Å². The Morgan fingerprint density at radius 2 is 0.936 bits per heavy atom. The zero-order valence-corrected chi connectivity index (χ0v) is 30.4. The number of allylic oxidation sites excluding steroid dienone is 3. The summed E-state index contributed by atoms with van der Waals surface area (Å²) in [7, 11) is 0. The van der Waals surface area contributed by atoms with Crippen molar-refractivity contribution in [2.24, 2.45) is 0 Å². The van der Waals surface area contributed by atoms with Crippen LogP contribution >= 0.6 is 0 Å². The van der Waals surface area contributed by atoms with Crippen LogP contribution in [-0.2, 0) is 23.8 Å². The van der Waals surface area contributed by atoms with E-state index in [1.807, 2.05) is 6.08 Å². The van der Waals surface area contributed by atoms with E-state index in [0.717, 1.165) is 82.6 Å². The lowest BCUT2D eigenvalue weighted by Crippen LogP contribution is -2.31. The molecule has 3 rings (SSSR count). The highest BCUT2D eigenvalue weighted by Gasteiger charge is 2.37. The normalized spacial score (nSPS) is 18.2. The molecule has 0 spiro atoms. The molecule has 0 N–H and O–H groups in total. The average molecular weight is 651 g/mol. The second-order valence-corrected chi connectivity index (χ2v) is 13.5. The highest BCUT2D eigenvalue weighted by atomic mass is 16.6. The molecule has 3 fully saturated rings. The third kappa shape index (κ3) is 14.3. The highest BCUT2D eigenvalue weighted by Crippen LogP contribution is 2.39. The van der Waals surface area contributed by atoms with Crippen molar-refractivity contribution in [1.29, 1.82) is 0 Å². The Labute approximate surface area is 288 Å². The summed E-state index contributed by atoms with van der Waals surface area (Å²) in [6.45, 7) is 32.7. The van der Waals surface area contributed by atoms with Gasteiger partial charge < -0.3 is 14.2 Å². The number of carbonyl (C=O) groups is 2. The lowest BCUT2D eigenvalue weighted by atomic mass is 9.98. The highest BCUT2D eigenvalue weighted by molar-refractivity contribution is 5.88. The van der Waals surface area contributed by atoms with Crippen molar-refractivity contribution < 1.29 is 23.8 Å². The molecule has 0 aromatic carbocycles. The molecule has 5 nitrogen and oxygen atoms in total. The van der Waals surface area contributed by atoms with Crippen LogP contribution in [0.25, 0.3) is 0 Å². The van der Waals surface area contributed by atoms with E-state index in [2.05, 4.69) is 66.8 Å². The molecule has 3 aliphatic rings. The molecule has 0 bridgehead atoms. The molecule has 0 heterocycles. The quantitative estimate of drug-likeness (QED) is 0.0369. The predicted octanol–water partition coefficient (Wildman–Crippen LogP) is 11.9. The van der Waals surface area contributed by atoms with Gasteiger partial charge in [-0.05, 0) is 128 Å². The fourth-order valence-corrected chi connectivity index (χ4v) is 6.56. The zero-order valence-electron chi connectivity index (χ0n) is 30.4. The summed E-state index contributed by atoms with van der Waals surface area (Å²) in [5, 5.41) is 0. The molecule has 0 saturated heterocycles. The van der Waals surface area contributed by atoms with Crippen molar-refractivity contribution in [2.75, 3.05) is 0 Å². The first-order valence-electron chi connectivity index (χ1n) is 18.1. The number of ether oxygens (including phenoxy) is 3. The first kappa shape index (κ1) is 41.9. The summed E-state index contributed by atoms with van der Waals surface area (Å²) in [5.74, 6) is 0.271. The molecular formula is C42H66O5. The van der Waals surface area contributed by atoms with Gasteiger partial charge in [0.25, 0.3) is 0 Å². The maximum absolute atomic E-state index is 11.9. The number of unbranched alkanes of at least 4 members (excludes halogenated alkanes) is 1. The SMILES string of the molecule is C=CC(=C)C(=C)OC1(CC)CCCC1.C=CCCC(=C)C(=O)OC1(CC)CCCC1.C=CCCCC(=C)C(=O)OC1(CC)CCCC1. The zero-order chi connectivity index (χ0) is 35.3. The Hall–Kier alpha value is -3.08. The molecule has 264 valence electrons. The largest absolute Gasteiger partial charge is 0.487 e. The topological polar surface area (TPSA) is 61.8 Å². The van der Waals surface area contributed by atoms with Gasteiger partial charge in [0.15, 0.2) is 0 Å². The van der Waals surface area contributed by atoms with Gasteiger partial charge in [-0.1, -0.05) is 71.9 Å². The third-order valence-electron chi connectivity index (χ3n) is 10.2. The second-order valence-electron chi connectivity index (χ2n) is 13.5. The summed E-state index contributed by atoms with van der Waals surface area (Å²) in [6.07, 6.45) is 25.8. The first-order chi connectivity index (χ1) is 22.4. The maximum atomic E-state index is 11.9. The summed E-state index contributed by atoms with van der Waals surface area (Å²) in [4.78, 5) is 23.7. The average Bonchev–Trinajstić information content (AvgIpc) is 3.86. The summed E-state index contributed by atoms with van der Waals surface area (Å²) >= 11 is 0. The minimum Gasteiger partial charge on any atom is -0.487 e. The van der Waals surface area contributed by atoms with E-state index < -0.39 is 0 Å². The van der Waals surface area contributed by atoms with Gasteiger partial charge in [-0.15, -0.1) is 13.2 Å². The Morgan fingerprint density at radius 3 is 1.28 bits per heavy atom. The molecule has 0 aromatic rings. The van der Waals surface area contributed by atoms with Crippen LogP contribution in [0.2, 0.25) is 0 Å². The van der Waals surface area contributed by atoms with Crippen molar-refractivity contribution in [2.45, 2.75) is 166 Å². The van der Waals surface area contributed by atoms with Crippen LogP contribution in [-0.4, -0.2) is 28.7 Å². The molecule has 3 aliphatic carbocycles. The molecular weight excluding hydrogens is 584 g/mol. The minimum atomic E-state index is -0.217. The van der Waals surface area contributed by atoms with E-state index in [9.17, 15) is 9.59 Å². The standard InChI is InChI=1S/C15H24O2.C14H22O2.C13H20O/c1-4-6-7-10-13(3)14(16)17-15(5-2)11-8-9-12-15;1-4-6-9-12(3)13(15)16-14(5-2)10-7-8-11-14;1-5-11(3)12(4)14-13(6-2)9-7-8-10-13/h4H,1,3,5-12H2,2H3;4H,1,3,5-11H2,2H3;5H,1,3-4,6-10H2,2H3. The van der Waals surface area contributed by atoms with Crippen LogP contribution in [0.3, 0.4) is 0 Å². The van der Waals surface area contributed by atoms with Crippen LogP contribution in [0.15, 0.2) is 86.8 Å². The van der Waals surface area contributed by atoms with E-state index >= 15 is 0 Å².